The van der Waals surface area contributed by atoms with Crippen LogP contribution in [-0.2, 0) is 4.74 Å². The van der Waals surface area contributed by atoms with Crippen molar-refractivity contribution in [3.05, 3.63) is 0 Å². The van der Waals surface area contributed by atoms with Crippen molar-refractivity contribution in [3.63, 3.8) is 0 Å². The molecule has 2 aliphatic heterocycles. The minimum atomic E-state index is 0.502. The van der Waals surface area contributed by atoms with Gasteiger partial charge < -0.3 is 10.1 Å². The molecule has 0 aromatic carbocycles. The predicted molar refractivity (Wildman–Crippen MR) is 61.8 cm³/mol. The molecule has 0 radical (unpaired) electrons. The van der Waals surface area contributed by atoms with Gasteiger partial charge in [0, 0.05) is 11.8 Å². The molecule has 2 rings (SSSR count). The quantitative estimate of drug-likeness (QED) is 0.777. The first-order valence-corrected chi connectivity index (χ1v) is 6.85. The molecule has 4 atom stereocenters. The first kappa shape index (κ1) is 10.8. The third-order valence-corrected chi connectivity index (χ3v) is 4.71. The summed E-state index contributed by atoms with van der Waals surface area (Å²) in [5, 5.41) is 3.42. The molecule has 0 saturated carbocycles. The van der Waals surface area contributed by atoms with Gasteiger partial charge in [-0.25, -0.2) is 0 Å². The maximum atomic E-state index is 5.88. The van der Waals surface area contributed by atoms with Crippen LogP contribution >= 0.6 is 11.8 Å². The highest BCUT2D eigenvalue weighted by atomic mass is 32.2. The van der Waals surface area contributed by atoms with Crippen molar-refractivity contribution in [3.8, 4) is 0 Å². The summed E-state index contributed by atoms with van der Waals surface area (Å²) in [6.07, 6.45) is 4.85. The Kier molecular flexibility index (Phi) is 3.74. The average Bonchev–Trinajstić information content (AvgIpc) is 2.76. The minimum absolute atomic E-state index is 0.502. The van der Waals surface area contributed by atoms with Crippen LogP contribution in [0.5, 0.6) is 0 Å². The van der Waals surface area contributed by atoms with Crippen LogP contribution in [-0.4, -0.2) is 36.8 Å². The Balaban J connectivity index is 1.79. The van der Waals surface area contributed by atoms with Crippen molar-refractivity contribution >= 4 is 11.8 Å². The molecule has 2 saturated heterocycles. The second-order valence-corrected chi connectivity index (χ2v) is 5.65. The topological polar surface area (TPSA) is 21.3 Å². The maximum Gasteiger partial charge on any atom is 0.0583 e. The molecule has 2 nitrogen and oxygen atoms in total. The van der Waals surface area contributed by atoms with Gasteiger partial charge in [-0.05, 0) is 44.9 Å². The SMILES string of the molecule is CNC1CSCC1CC1CCC(C)O1. The molecule has 0 amide bonds. The Labute approximate surface area is 91.2 Å². The fraction of sp³-hybridized carbons (Fsp3) is 1.00. The molecule has 1 N–H and O–H groups in total. The van der Waals surface area contributed by atoms with Gasteiger partial charge in [-0.15, -0.1) is 0 Å². The van der Waals surface area contributed by atoms with Gasteiger partial charge in [0.2, 0.25) is 0 Å². The van der Waals surface area contributed by atoms with Crippen LogP contribution in [0.25, 0.3) is 0 Å². The lowest BCUT2D eigenvalue weighted by Crippen LogP contribution is -2.34. The van der Waals surface area contributed by atoms with Gasteiger partial charge in [0.25, 0.3) is 0 Å². The normalized spacial score (nSPS) is 43.3. The molecule has 0 aliphatic carbocycles. The summed E-state index contributed by atoms with van der Waals surface area (Å²) in [6.45, 7) is 2.19. The molecule has 0 spiro atoms. The first-order valence-electron chi connectivity index (χ1n) is 5.70. The molecule has 2 fully saturated rings. The van der Waals surface area contributed by atoms with Crippen molar-refractivity contribution in [1.29, 1.82) is 0 Å². The largest absolute Gasteiger partial charge is 0.375 e. The highest BCUT2D eigenvalue weighted by molar-refractivity contribution is 7.99. The number of rotatable bonds is 3. The number of nitrogens with one attached hydrogen (secondary N) is 1. The number of hydrogen-bond donors (Lipinski definition) is 1. The summed E-state index contributed by atoms with van der Waals surface area (Å²) >= 11 is 2.08. The number of thioether (sulfide) groups is 1. The summed E-state index contributed by atoms with van der Waals surface area (Å²) in [5.74, 6) is 3.43. The van der Waals surface area contributed by atoms with Crippen LogP contribution in [0.2, 0.25) is 0 Å². The van der Waals surface area contributed by atoms with Crippen molar-refractivity contribution in [1.82, 2.24) is 5.32 Å². The van der Waals surface area contributed by atoms with E-state index in [2.05, 4.69) is 31.1 Å². The summed E-state index contributed by atoms with van der Waals surface area (Å²) < 4.78 is 5.88. The van der Waals surface area contributed by atoms with E-state index in [1.54, 1.807) is 0 Å². The van der Waals surface area contributed by atoms with Gasteiger partial charge in [-0.3, -0.25) is 0 Å². The van der Waals surface area contributed by atoms with Crippen LogP contribution < -0.4 is 5.32 Å². The average molecular weight is 215 g/mol. The van der Waals surface area contributed by atoms with Crippen LogP contribution in [0.1, 0.15) is 26.2 Å². The zero-order valence-electron chi connectivity index (χ0n) is 9.16. The lowest BCUT2D eigenvalue weighted by Gasteiger charge is -2.21. The van der Waals surface area contributed by atoms with Crippen molar-refractivity contribution in [2.45, 2.75) is 44.4 Å². The smallest absolute Gasteiger partial charge is 0.0583 e. The number of hydrogen-bond acceptors (Lipinski definition) is 3. The standard InChI is InChI=1S/C11H21NOS/c1-8-3-4-10(13-8)5-9-6-14-7-11(9)12-2/h8-12H,3-7H2,1-2H3. The van der Waals surface area contributed by atoms with Gasteiger partial charge in [0.1, 0.15) is 0 Å². The van der Waals surface area contributed by atoms with Gasteiger partial charge in [-0.1, -0.05) is 0 Å². The van der Waals surface area contributed by atoms with E-state index in [9.17, 15) is 0 Å². The molecule has 0 bridgehead atoms. The van der Waals surface area contributed by atoms with E-state index in [4.69, 9.17) is 4.74 Å². The Morgan fingerprint density at radius 1 is 1.36 bits per heavy atom. The highest BCUT2D eigenvalue weighted by Gasteiger charge is 2.31. The Hall–Kier alpha value is 0.270. The zero-order chi connectivity index (χ0) is 9.97. The van der Waals surface area contributed by atoms with Gasteiger partial charge in [0.05, 0.1) is 12.2 Å². The van der Waals surface area contributed by atoms with Crippen LogP contribution in [0.4, 0.5) is 0 Å². The molecule has 2 heterocycles. The van der Waals surface area contributed by atoms with Crippen molar-refractivity contribution in [2.75, 3.05) is 18.6 Å². The van der Waals surface area contributed by atoms with E-state index in [-0.39, 0.29) is 0 Å². The summed E-state index contributed by atoms with van der Waals surface area (Å²) in [6, 6.07) is 0.722. The highest BCUT2D eigenvalue weighted by Crippen LogP contribution is 2.32. The van der Waals surface area contributed by atoms with Gasteiger partial charge in [0.15, 0.2) is 0 Å². The third kappa shape index (κ3) is 2.44. The molecule has 0 aromatic heterocycles. The van der Waals surface area contributed by atoms with E-state index < -0.39 is 0 Å². The zero-order valence-corrected chi connectivity index (χ0v) is 9.98. The van der Waals surface area contributed by atoms with E-state index in [0.29, 0.717) is 12.2 Å². The van der Waals surface area contributed by atoms with E-state index in [1.165, 1.54) is 30.8 Å². The summed E-state index contributed by atoms with van der Waals surface area (Å²) in [5.41, 5.74) is 0. The maximum absolute atomic E-state index is 5.88. The second kappa shape index (κ2) is 4.86. The van der Waals surface area contributed by atoms with E-state index in [1.807, 2.05) is 0 Å². The van der Waals surface area contributed by atoms with Crippen LogP contribution in [0, 0.1) is 5.92 Å². The fourth-order valence-corrected chi connectivity index (χ4v) is 4.05. The molecular weight excluding hydrogens is 194 g/mol. The first-order chi connectivity index (χ1) is 6.79. The van der Waals surface area contributed by atoms with Crippen molar-refractivity contribution in [2.24, 2.45) is 5.92 Å². The molecule has 82 valence electrons. The van der Waals surface area contributed by atoms with Gasteiger partial charge in [-0.2, -0.15) is 11.8 Å². The molecule has 4 unspecified atom stereocenters. The molecule has 0 aromatic rings. The van der Waals surface area contributed by atoms with Gasteiger partial charge >= 0.3 is 0 Å². The third-order valence-electron chi connectivity index (χ3n) is 3.45. The Bertz CT molecular complexity index is 188. The molecule has 2 aliphatic rings. The van der Waals surface area contributed by atoms with Crippen molar-refractivity contribution < 1.29 is 4.74 Å². The molecular formula is C11H21NOS. The van der Waals surface area contributed by atoms with Crippen LogP contribution in [0.15, 0.2) is 0 Å². The van der Waals surface area contributed by atoms with E-state index in [0.717, 1.165) is 12.0 Å². The fourth-order valence-electron chi connectivity index (χ4n) is 2.55. The second-order valence-electron chi connectivity index (χ2n) is 4.57. The minimum Gasteiger partial charge on any atom is -0.375 e. The molecule has 3 heteroatoms. The van der Waals surface area contributed by atoms with Crippen LogP contribution in [0.3, 0.4) is 0 Å². The number of ether oxygens (including phenoxy) is 1. The lowest BCUT2D eigenvalue weighted by molar-refractivity contribution is 0.0408. The Morgan fingerprint density at radius 3 is 2.86 bits per heavy atom. The lowest BCUT2D eigenvalue weighted by atomic mass is 9.95. The summed E-state index contributed by atoms with van der Waals surface area (Å²) in [7, 11) is 2.08. The summed E-state index contributed by atoms with van der Waals surface area (Å²) in [4.78, 5) is 0. The Morgan fingerprint density at radius 2 is 2.21 bits per heavy atom. The van der Waals surface area contributed by atoms with E-state index >= 15 is 0 Å². The predicted octanol–water partition coefficient (Wildman–Crippen LogP) is 1.89. The molecule has 14 heavy (non-hydrogen) atoms. The monoisotopic (exact) mass is 215 g/mol.